The van der Waals surface area contributed by atoms with Gasteiger partial charge in [-0.15, -0.1) is 8.78 Å². The molecule has 1 saturated carbocycles. The number of piperidine rings is 3. The Hall–Kier alpha value is -2.62. The number of rotatable bonds is 7. The quantitative estimate of drug-likeness (QED) is 0.523. The summed E-state index contributed by atoms with van der Waals surface area (Å²) < 4.78 is 36.1. The molecule has 2 atom stereocenters. The minimum atomic E-state index is -3.74. The molecular weight excluding hydrogens is 539 g/mol. The molecule has 7 nitrogen and oxygen atoms in total. The van der Waals surface area contributed by atoms with Gasteiger partial charge in [0.05, 0.1) is 5.41 Å². The topological polar surface area (TPSA) is 79.9 Å². The number of nitrogens with zero attached hydrogens (tertiary/aromatic N) is 1. The maximum atomic E-state index is 13.6. The predicted molar refractivity (Wildman–Crippen MR) is 137 cm³/mol. The third kappa shape index (κ3) is 4.92. The van der Waals surface area contributed by atoms with Crippen LogP contribution in [0.2, 0.25) is 10.0 Å². The van der Waals surface area contributed by atoms with Crippen molar-refractivity contribution in [3.8, 4) is 11.5 Å². The molecule has 4 aliphatic heterocycles. The fourth-order valence-electron chi connectivity index (χ4n) is 5.89. The van der Waals surface area contributed by atoms with Crippen LogP contribution in [0.1, 0.15) is 36.8 Å². The number of hydrogen-bond donors (Lipinski definition) is 2. The summed E-state index contributed by atoms with van der Waals surface area (Å²) in [6.45, 7) is 2.84. The first kappa shape index (κ1) is 25.6. The van der Waals surface area contributed by atoms with Crippen LogP contribution in [-0.4, -0.2) is 54.7 Å². The van der Waals surface area contributed by atoms with E-state index in [1.807, 2.05) is 0 Å². The number of hydrogen-bond acceptors (Lipinski definition) is 5. The van der Waals surface area contributed by atoms with E-state index in [-0.39, 0.29) is 35.8 Å². The Morgan fingerprint density at radius 3 is 2.45 bits per heavy atom. The first-order valence-electron chi connectivity index (χ1n) is 12.8. The third-order valence-corrected chi connectivity index (χ3v) is 8.69. The second kappa shape index (κ2) is 9.54. The van der Waals surface area contributed by atoms with Gasteiger partial charge in [-0.05, 0) is 80.1 Å². The SMILES string of the molecule is O=C(NC1CN2CCC1CC2)C(Cc1ccc2c(c1)OC(F)(F)O2)NC(=O)C1(c2ccc(Cl)cc2Cl)CC1. The Balaban J connectivity index is 1.23. The highest BCUT2D eigenvalue weighted by molar-refractivity contribution is 6.35. The van der Waals surface area contributed by atoms with E-state index in [0.717, 1.165) is 32.5 Å². The van der Waals surface area contributed by atoms with E-state index in [4.69, 9.17) is 23.2 Å². The molecule has 2 bridgehead atoms. The predicted octanol–water partition coefficient (Wildman–Crippen LogP) is 4.28. The smallest absolute Gasteiger partial charge is 0.395 e. The first-order chi connectivity index (χ1) is 18.1. The second-order valence-corrected chi connectivity index (χ2v) is 11.5. The second-order valence-electron chi connectivity index (χ2n) is 10.6. The van der Waals surface area contributed by atoms with Crippen molar-refractivity contribution in [1.29, 1.82) is 0 Å². The Labute approximate surface area is 228 Å². The molecule has 7 rings (SSSR count). The minimum absolute atomic E-state index is 0.000410. The molecule has 4 fully saturated rings. The molecule has 0 spiro atoms. The maximum absolute atomic E-state index is 13.6. The standard InChI is InChI=1S/C27H27Cl2F2N3O4/c28-17-2-3-18(19(29)13-17)26(7-8-26)25(36)33-20(24(35)32-21-14-34-9-5-16(21)6-10-34)11-15-1-4-22-23(12-15)38-27(30,31)37-22/h1-4,12-13,16,20-21H,5-11,14H2,(H,32,35)(H,33,36). The van der Waals surface area contributed by atoms with E-state index in [9.17, 15) is 18.4 Å². The largest absolute Gasteiger partial charge is 0.586 e. The van der Waals surface area contributed by atoms with E-state index >= 15 is 0 Å². The fourth-order valence-corrected chi connectivity index (χ4v) is 6.48. The van der Waals surface area contributed by atoms with Crippen molar-refractivity contribution in [1.82, 2.24) is 15.5 Å². The zero-order chi connectivity index (χ0) is 26.7. The molecule has 2 aromatic rings. The number of alkyl halides is 2. The van der Waals surface area contributed by atoms with Crippen LogP contribution in [-0.2, 0) is 21.4 Å². The number of carbonyl (C=O) groups is 2. The van der Waals surface area contributed by atoms with E-state index in [2.05, 4.69) is 25.0 Å². The Bertz CT molecular complexity index is 1280. The summed E-state index contributed by atoms with van der Waals surface area (Å²) in [5.41, 5.74) is 0.379. The Morgan fingerprint density at radius 1 is 1.05 bits per heavy atom. The van der Waals surface area contributed by atoms with E-state index in [1.54, 1.807) is 24.3 Å². The van der Waals surface area contributed by atoms with E-state index in [0.29, 0.717) is 39.9 Å². The number of nitrogens with one attached hydrogen (secondary N) is 2. The van der Waals surface area contributed by atoms with Crippen LogP contribution in [0.15, 0.2) is 36.4 Å². The lowest BCUT2D eigenvalue weighted by atomic mass is 9.84. The summed E-state index contributed by atoms with van der Waals surface area (Å²) in [6.07, 6.45) is -0.420. The zero-order valence-corrected chi connectivity index (χ0v) is 22.0. The van der Waals surface area contributed by atoms with Crippen molar-refractivity contribution in [2.45, 2.75) is 55.9 Å². The number of fused-ring (bicyclic) bond motifs is 4. The average molecular weight is 566 g/mol. The lowest BCUT2D eigenvalue weighted by Gasteiger charge is -2.45. The van der Waals surface area contributed by atoms with Gasteiger partial charge in [0.2, 0.25) is 11.8 Å². The molecule has 0 aromatic heterocycles. The summed E-state index contributed by atoms with van der Waals surface area (Å²) >= 11 is 12.5. The molecule has 4 heterocycles. The van der Waals surface area contributed by atoms with Crippen molar-refractivity contribution in [2.75, 3.05) is 19.6 Å². The van der Waals surface area contributed by atoms with Gasteiger partial charge in [-0.25, -0.2) is 0 Å². The number of carbonyl (C=O) groups excluding carboxylic acids is 2. The van der Waals surface area contributed by atoms with Crippen molar-refractivity contribution in [3.05, 3.63) is 57.6 Å². The molecule has 11 heteroatoms. The van der Waals surface area contributed by atoms with Crippen LogP contribution in [0.4, 0.5) is 8.78 Å². The molecule has 38 heavy (non-hydrogen) atoms. The van der Waals surface area contributed by atoms with E-state index < -0.39 is 17.8 Å². The van der Waals surface area contributed by atoms with Crippen LogP contribution < -0.4 is 20.1 Å². The average Bonchev–Trinajstić information content (AvgIpc) is 3.61. The summed E-state index contributed by atoms with van der Waals surface area (Å²) in [7, 11) is 0. The van der Waals surface area contributed by atoms with E-state index in [1.165, 1.54) is 12.1 Å². The van der Waals surface area contributed by atoms with Crippen LogP contribution >= 0.6 is 23.2 Å². The summed E-state index contributed by atoms with van der Waals surface area (Å²) in [6, 6.07) is 8.50. The minimum Gasteiger partial charge on any atom is -0.395 e. The number of amides is 2. The van der Waals surface area contributed by atoms with Gasteiger partial charge in [0.25, 0.3) is 0 Å². The van der Waals surface area contributed by atoms with Gasteiger partial charge in [0.1, 0.15) is 6.04 Å². The first-order valence-corrected chi connectivity index (χ1v) is 13.6. The van der Waals surface area contributed by atoms with Crippen LogP contribution in [0, 0.1) is 5.92 Å². The Morgan fingerprint density at radius 2 is 1.79 bits per heavy atom. The molecule has 0 radical (unpaired) electrons. The molecule has 2 N–H and O–H groups in total. The molecule has 5 aliphatic rings. The van der Waals surface area contributed by atoms with Gasteiger partial charge < -0.3 is 25.0 Å². The third-order valence-electron chi connectivity index (χ3n) is 8.14. The molecular formula is C27H27Cl2F2N3O4. The molecule has 202 valence electrons. The summed E-state index contributed by atoms with van der Waals surface area (Å²) in [4.78, 5) is 29.6. The highest BCUT2D eigenvalue weighted by Crippen LogP contribution is 2.51. The fraction of sp³-hybridized carbons (Fsp3) is 0.481. The normalized spacial score (nSPS) is 26.5. The van der Waals surface area contributed by atoms with Gasteiger partial charge >= 0.3 is 6.29 Å². The van der Waals surface area contributed by atoms with Crippen LogP contribution in [0.5, 0.6) is 11.5 Å². The van der Waals surface area contributed by atoms with Gasteiger partial charge in [-0.3, -0.25) is 9.59 Å². The maximum Gasteiger partial charge on any atom is 0.586 e. The number of benzene rings is 2. The highest BCUT2D eigenvalue weighted by Gasteiger charge is 2.53. The highest BCUT2D eigenvalue weighted by atomic mass is 35.5. The van der Waals surface area contributed by atoms with Crippen molar-refractivity contribution in [2.24, 2.45) is 5.92 Å². The molecule has 2 unspecified atom stereocenters. The monoisotopic (exact) mass is 565 g/mol. The van der Waals surface area contributed by atoms with Crippen molar-refractivity contribution < 1.29 is 27.8 Å². The summed E-state index contributed by atoms with van der Waals surface area (Å²) in [5, 5.41) is 6.98. The lowest BCUT2D eigenvalue weighted by Crippen LogP contribution is -2.60. The zero-order valence-electron chi connectivity index (χ0n) is 20.4. The van der Waals surface area contributed by atoms with Crippen LogP contribution in [0.3, 0.4) is 0 Å². The van der Waals surface area contributed by atoms with Gasteiger partial charge in [-0.1, -0.05) is 35.3 Å². The summed E-state index contributed by atoms with van der Waals surface area (Å²) in [5.74, 6) is -0.399. The van der Waals surface area contributed by atoms with Gasteiger partial charge in [0, 0.05) is 29.1 Å². The molecule has 3 saturated heterocycles. The number of ether oxygens (including phenoxy) is 2. The number of halogens is 4. The van der Waals surface area contributed by atoms with Crippen molar-refractivity contribution >= 4 is 35.0 Å². The molecule has 2 aromatic carbocycles. The van der Waals surface area contributed by atoms with Crippen LogP contribution in [0.25, 0.3) is 0 Å². The Kier molecular flexibility index (Phi) is 6.44. The van der Waals surface area contributed by atoms with Gasteiger partial charge in [0.15, 0.2) is 11.5 Å². The lowest BCUT2D eigenvalue weighted by molar-refractivity contribution is -0.286. The molecule has 2 amide bonds. The van der Waals surface area contributed by atoms with Crippen molar-refractivity contribution in [3.63, 3.8) is 0 Å². The van der Waals surface area contributed by atoms with Gasteiger partial charge in [-0.2, -0.15) is 0 Å². The molecule has 1 aliphatic carbocycles.